The van der Waals surface area contributed by atoms with Crippen LogP contribution in [0.1, 0.15) is 113 Å². The number of carbonyl (C=O) groups excluding carboxylic acids is 1. The Kier molecular flexibility index (Phi) is 64.0. The fourth-order valence-corrected chi connectivity index (χ4v) is 2.46. The number of hydrogen-bond acceptors (Lipinski definition) is 7. The molecule has 0 aliphatic rings. The summed E-state index contributed by atoms with van der Waals surface area (Å²) in [7, 11) is -2.97. The number of ether oxygens (including phenoxy) is 2. The van der Waals surface area contributed by atoms with Gasteiger partial charge in [0, 0.05) is 25.7 Å². The van der Waals surface area contributed by atoms with Gasteiger partial charge in [-0.3, -0.25) is 4.79 Å². The molecule has 4 atom stereocenters. The Morgan fingerprint density at radius 3 is 1.53 bits per heavy atom. The molecule has 0 radical (unpaired) electrons. The lowest BCUT2D eigenvalue weighted by Crippen LogP contribution is -2.30. The molecule has 0 aromatic rings. The zero-order chi connectivity index (χ0) is 16.6. The Morgan fingerprint density at radius 1 is 0.900 bits per heavy atom. The van der Waals surface area contributed by atoms with Gasteiger partial charge in [0.05, 0.1) is 22.3 Å². The van der Waals surface area contributed by atoms with Gasteiger partial charge in [0.2, 0.25) is 0 Å². The van der Waals surface area contributed by atoms with Crippen LogP contribution in [0.25, 0.3) is 0 Å². The monoisotopic (exact) mass is 469 g/mol. The smallest absolute Gasteiger partial charge is 0.302 e. The van der Waals surface area contributed by atoms with E-state index in [0.29, 0.717) is 6.42 Å². The Morgan fingerprint density at radius 2 is 1.27 bits per heavy atom. The van der Waals surface area contributed by atoms with Crippen molar-refractivity contribution < 1.29 is 32.3 Å². The van der Waals surface area contributed by atoms with Crippen molar-refractivity contribution in [3.8, 4) is 0 Å². The maximum atomic E-state index is 10.9. The molecule has 0 bridgehead atoms. The number of rotatable bonds is 10. The Balaban J connectivity index is -0.0000000556. The highest BCUT2D eigenvalue weighted by molar-refractivity contribution is 7.86. The minimum Gasteiger partial charge on any atom is -0.748 e. The summed E-state index contributed by atoms with van der Waals surface area (Å²) in [5, 5.41) is 8.90. The maximum absolute atomic E-state index is 10.9. The molecule has 0 aliphatic heterocycles. The van der Waals surface area contributed by atoms with E-state index in [1.807, 2.05) is 6.92 Å². The second-order valence-corrected chi connectivity index (χ2v) is 6.95. The molecule has 0 rings (SSSR count). The molecular formula is C22H61O7S-. The number of methoxy groups -OCH3 is 1. The minimum atomic E-state index is -4.37. The van der Waals surface area contributed by atoms with Gasteiger partial charge >= 0.3 is 5.97 Å². The van der Waals surface area contributed by atoms with E-state index in [9.17, 15) is 22.9 Å². The summed E-state index contributed by atoms with van der Waals surface area (Å²) < 4.78 is 42.8. The van der Waals surface area contributed by atoms with Gasteiger partial charge in [-0.05, 0) is 26.2 Å². The van der Waals surface area contributed by atoms with Gasteiger partial charge in [-0.25, -0.2) is 8.42 Å². The number of esters is 1. The number of carbonyl (C=O) groups is 1. The van der Waals surface area contributed by atoms with Crippen molar-refractivity contribution in [3.63, 3.8) is 0 Å². The standard InChI is InChI=1S/C13H26O7S.9CH4/c1-5-12(20-10(3)14)7-11(15)8-13(19-4)6-9(2)21(16,17)18;;;;;;;;;/h9,11-13,15H,5-8H2,1-4H3,(H,16,17,18);9*1H4/p-1. The van der Waals surface area contributed by atoms with E-state index in [1.54, 1.807) is 0 Å². The van der Waals surface area contributed by atoms with Crippen molar-refractivity contribution in [1.82, 2.24) is 0 Å². The average molecular weight is 470 g/mol. The van der Waals surface area contributed by atoms with Crippen molar-refractivity contribution in [3.05, 3.63) is 0 Å². The molecule has 7 nitrogen and oxygen atoms in total. The molecule has 0 amide bonds. The van der Waals surface area contributed by atoms with Crippen LogP contribution >= 0.6 is 0 Å². The number of hydrogen-bond donors (Lipinski definition) is 1. The highest BCUT2D eigenvalue weighted by Crippen LogP contribution is 2.17. The van der Waals surface area contributed by atoms with Crippen molar-refractivity contribution in [1.29, 1.82) is 0 Å². The predicted molar refractivity (Wildman–Crippen MR) is 136 cm³/mol. The van der Waals surface area contributed by atoms with Crippen LogP contribution in [0.4, 0.5) is 0 Å². The third kappa shape index (κ3) is 29.5. The average Bonchev–Trinajstić information content (AvgIpc) is 2.35. The first-order valence-corrected chi connectivity index (χ1v) is 8.40. The SMILES string of the molecule is C.C.C.C.C.C.C.C.C.CCC(CC(O)CC(CC(C)S(=O)(=O)[O-])OC)OC(C)=O. The second-order valence-electron chi connectivity index (χ2n) is 5.16. The van der Waals surface area contributed by atoms with Gasteiger partial charge in [-0.2, -0.15) is 0 Å². The van der Waals surface area contributed by atoms with Gasteiger partial charge in [-0.1, -0.05) is 73.8 Å². The van der Waals surface area contributed by atoms with Crippen molar-refractivity contribution in [2.75, 3.05) is 7.11 Å². The topological polar surface area (TPSA) is 113 Å². The lowest BCUT2D eigenvalue weighted by molar-refractivity contribution is -0.148. The summed E-state index contributed by atoms with van der Waals surface area (Å²) in [6.07, 6.45) is -0.739. The van der Waals surface area contributed by atoms with E-state index in [-0.39, 0.29) is 86.1 Å². The van der Waals surface area contributed by atoms with Crippen molar-refractivity contribution >= 4 is 16.1 Å². The quantitative estimate of drug-likeness (QED) is 0.285. The minimum absolute atomic E-state index is 0. The fraction of sp³-hybridized carbons (Fsp3) is 0.955. The van der Waals surface area contributed by atoms with Gasteiger partial charge in [0.15, 0.2) is 0 Å². The summed E-state index contributed by atoms with van der Waals surface area (Å²) in [6.45, 7) is 4.45. The Labute approximate surface area is 192 Å². The predicted octanol–water partition coefficient (Wildman–Crippen LogP) is 6.53. The van der Waals surface area contributed by atoms with Gasteiger partial charge < -0.3 is 19.1 Å². The van der Waals surface area contributed by atoms with Crippen molar-refractivity contribution in [2.24, 2.45) is 0 Å². The first-order valence-electron chi connectivity index (χ1n) is 6.92. The van der Waals surface area contributed by atoms with Gasteiger partial charge in [0.1, 0.15) is 6.10 Å². The molecule has 0 saturated heterocycles. The molecule has 198 valence electrons. The number of aliphatic hydroxyl groups is 1. The summed E-state index contributed by atoms with van der Waals surface area (Å²) >= 11 is 0. The van der Waals surface area contributed by atoms with E-state index in [1.165, 1.54) is 21.0 Å². The summed E-state index contributed by atoms with van der Waals surface area (Å²) in [5.74, 6) is -0.414. The molecule has 0 fully saturated rings. The molecular weight excluding hydrogens is 408 g/mol. The third-order valence-electron chi connectivity index (χ3n) is 3.28. The highest BCUT2D eigenvalue weighted by atomic mass is 32.2. The lowest BCUT2D eigenvalue weighted by Gasteiger charge is -2.25. The van der Waals surface area contributed by atoms with Crippen LogP contribution in [0.3, 0.4) is 0 Å². The Hall–Kier alpha value is -0.700. The molecule has 0 heterocycles. The van der Waals surface area contributed by atoms with E-state index >= 15 is 0 Å². The fourth-order valence-electron chi connectivity index (χ4n) is 2.01. The zero-order valence-corrected chi connectivity index (χ0v) is 13.8. The number of aliphatic hydroxyl groups excluding tert-OH is 1. The first-order chi connectivity index (χ1) is 9.59. The maximum Gasteiger partial charge on any atom is 0.302 e. The molecule has 30 heavy (non-hydrogen) atoms. The van der Waals surface area contributed by atoms with Crippen LogP contribution in [0, 0.1) is 0 Å². The van der Waals surface area contributed by atoms with Crippen LogP contribution < -0.4 is 0 Å². The highest BCUT2D eigenvalue weighted by Gasteiger charge is 2.23. The first kappa shape index (κ1) is 63.0. The van der Waals surface area contributed by atoms with E-state index in [2.05, 4.69) is 0 Å². The lowest BCUT2D eigenvalue weighted by atomic mass is 10.0. The zero-order valence-electron chi connectivity index (χ0n) is 12.9. The van der Waals surface area contributed by atoms with Crippen LogP contribution in [-0.2, 0) is 24.4 Å². The van der Waals surface area contributed by atoms with E-state index < -0.39 is 39.6 Å². The molecule has 0 saturated carbocycles. The largest absolute Gasteiger partial charge is 0.748 e. The summed E-state index contributed by atoms with van der Waals surface area (Å²) in [6, 6.07) is 0. The second kappa shape index (κ2) is 30.5. The van der Waals surface area contributed by atoms with Crippen LogP contribution in [0.15, 0.2) is 0 Å². The molecule has 8 heteroatoms. The summed E-state index contributed by atoms with van der Waals surface area (Å²) in [4.78, 5) is 10.9. The molecule has 0 aliphatic carbocycles. The molecule has 0 spiro atoms. The van der Waals surface area contributed by atoms with Crippen molar-refractivity contribution in [2.45, 2.75) is 137 Å². The van der Waals surface area contributed by atoms with E-state index in [0.717, 1.165) is 0 Å². The van der Waals surface area contributed by atoms with E-state index in [4.69, 9.17) is 9.47 Å². The third-order valence-corrected chi connectivity index (χ3v) is 4.46. The van der Waals surface area contributed by atoms with Gasteiger partial charge in [-0.15, -0.1) is 0 Å². The molecule has 0 aromatic heterocycles. The summed E-state index contributed by atoms with van der Waals surface area (Å²) in [5.41, 5.74) is 0. The van der Waals surface area contributed by atoms with Gasteiger partial charge in [0.25, 0.3) is 0 Å². The van der Waals surface area contributed by atoms with Crippen LogP contribution in [0.5, 0.6) is 0 Å². The molecule has 0 aromatic carbocycles. The van der Waals surface area contributed by atoms with Crippen LogP contribution in [-0.4, -0.2) is 54.7 Å². The van der Waals surface area contributed by atoms with Crippen LogP contribution in [0.2, 0.25) is 0 Å². The molecule has 1 N–H and O–H groups in total. The normalized spacial score (nSPS) is 12.5. The molecule has 4 unspecified atom stereocenters. The Bertz CT molecular complexity index is 412.